The lowest BCUT2D eigenvalue weighted by Gasteiger charge is -2.14. The highest BCUT2D eigenvalue weighted by Crippen LogP contribution is 2.22. The summed E-state index contributed by atoms with van der Waals surface area (Å²) in [5, 5.41) is 2.58. The Labute approximate surface area is 121 Å². The fraction of sp³-hybridized carbons (Fsp3) is 0.389. The van der Waals surface area contributed by atoms with Gasteiger partial charge in [0.1, 0.15) is 5.78 Å². The number of carbonyl (C=O) groups is 1. The van der Waals surface area contributed by atoms with Crippen molar-refractivity contribution in [2.45, 2.75) is 19.8 Å². The molecule has 20 heavy (non-hydrogen) atoms. The molecule has 2 heteroatoms. The third-order valence-corrected chi connectivity index (χ3v) is 3.52. The van der Waals surface area contributed by atoms with Crippen LogP contribution in [0.1, 0.15) is 18.9 Å². The summed E-state index contributed by atoms with van der Waals surface area (Å²) in [7, 11) is 3.88. The van der Waals surface area contributed by atoms with Crippen LogP contribution in [0.3, 0.4) is 0 Å². The van der Waals surface area contributed by atoms with Crippen LogP contribution in [-0.2, 0) is 11.2 Å². The molecule has 2 aromatic carbocycles. The van der Waals surface area contributed by atoms with Gasteiger partial charge in [0, 0.05) is 6.42 Å². The maximum Gasteiger partial charge on any atom is 0.147 e. The molecule has 2 rings (SSSR count). The van der Waals surface area contributed by atoms with E-state index in [1.165, 1.54) is 16.3 Å². The van der Waals surface area contributed by atoms with E-state index in [2.05, 4.69) is 49.4 Å². The van der Waals surface area contributed by atoms with Crippen LogP contribution in [0.4, 0.5) is 0 Å². The second-order valence-electron chi connectivity index (χ2n) is 5.93. The number of likely N-dealkylation sites (N-methyl/N-ethyl adjacent to an activating group) is 1. The number of carbonyl (C=O) groups excluding carboxylic acids is 1. The highest BCUT2D eigenvalue weighted by Gasteiger charge is 2.12. The SMILES string of the molecule is CC(CC(=O)CN(C)C)Cc1cccc2ccccc12. The highest BCUT2D eigenvalue weighted by molar-refractivity contribution is 5.86. The standard InChI is InChI=1S/C18H23NO/c1-14(12-17(20)13-19(2)3)11-16-9-6-8-15-7-4-5-10-18(15)16/h4-10,14H,11-13H2,1-3H3. The third kappa shape index (κ3) is 3.91. The fourth-order valence-electron chi connectivity index (χ4n) is 2.72. The molecule has 0 aliphatic heterocycles. The highest BCUT2D eigenvalue weighted by atomic mass is 16.1. The molecular weight excluding hydrogens is 246 g/mol. The minimum absolute atomic E-state index is 0.322. The summed E-state index contributed by atoms with van der Waals surface area (Å²) in [5.41, 5.74) is 1.34. The molecule has 0 aromatic heterocycles. The molecule has 2 nitrogen and oxygen atoms in total. The van der Waals surface area contributed by atoms with Crippen molar-refractivity contribution in [3.05, 3.63) is 48.0 Å². The summed E-state index contributed by atoms with van der Waals surface area (Å²) < 4.78 is 0. The number of nitrogens with zero attached hydrogens (tertiary/aromatic N) is 1. The molecule has 0 spiro atoms. The molecule has 0 radical (unpaired) electrons. The van der Waals surface area contributed by atoms with Gasteiger partial charge in [-0.05, 0) is 42.8 Å². The van der Waals surface area contributed by atoms with Crippen LogP contribution in [0, 0.1) is 5.92 Å². The van der Waals surface area contributed by atoms with Gasteiger partial charge >= 0.3 is 0 Å². The zero-order valence-corrected chi connectivity index (χ0v) is 12.6. The lowest BCUT2D eigenvalue weighted by molar-refractivity contribution is -0.120. The van der Waals surface area contributed by atoms with Crippen molar-refractivity contribution in [3.8, 4) is 0 Å². The van der Waals surface area contributed by atoms with Gasteiger partial charge in [-0.1, -0.05) is 49.4 Å². The minimum Gasteiger partial charge on any atom is -0.302 e. The first-order valence-electron chi connectivity index (χ1n) is 7.19. The summed E-state index contributed by atoms with van der Waals surface area (Å²) in [5.74, 6) is 0.705. The van der Waals surface area contributed by atoms with Crippen LogP contribution in [0.15, 0.2) is 42.5 Å². The first kappa shape index (κ1) is 14.7. The van der Waals surface area contributed by atoms with E-state index < -0.39 is 0 Å². The predicted molar refractivity (Wildman–Crippen MR) is 85.0 cm³/mol. The van der Waals surface area contributed by atoms with Crippen LogP contribution in [0.2, 0.25) is 0 Å². The Bertz CT molecular complexity index is 583. The molecule has 1 unspecified atom stereocenters. The molecule has 0 saturated heterocycles. The van der Waals surface area contributed by atoms with Gasteiger partial charge in [0.15, 0.2) is 0 Å². The van der Waals surface area contributed by atoms with Gasteiger partial charge < -0.3 is 4.90 Å². The fourth-order valence-corrected chi connectivity index (χ4v) is 2.72. The Hall–Kier alpha value is -1.67. The van der Waals surface area contributed by atoms with Crippen molar-refractivity contribution in [1.29, 1.82) is 0 Å². The number of Topliss-reactive ketones (excluding diaryl/α,β-unsaturated/α-hetero) is 1. The smallest absolute Gasteiger partial charge is 0.147 e. The molecule has 106 valence electrons. The Kier molecular flexibility index (Phi) is 4.91. The maximum atomic E-state index is 11.9. The van der Waals surface area contributed by atoms with Gasteiger partial charge in [0.05, 0.1) is 6.54 Å². The average Bonchev–Trinajstić information content (AvgIpc) is 2.38. The van der Waals surface area contributed by atoms with E-state index in [0.717, 1.165) is 6.42 Å². The first-order chi connectivity index (χ1) is 9.56. The van der Waals surface area contributed by atoms with E-state index in [1.807, 2.05) is 19.0 Å². The first-order valence-corrected chi connectivity index (χ1v) is 7.19. The lowest BCUT2D eigenvalue weighted by Crippen LogP contribution is -2.23. The minimum atomic E-state index is 0.322. The van der Waals surface area contributed by atoms with Crippen LogP contribution in [0.25, 0.3) is 10.8 Å². The van der Waals surface area contributed by atoms with Gasteiger partial charge in [0.25, 0.3) is 0 Å². The quantitative estimate of drug-likeness (QED) is 0.799. The van der Waals surface area contributed by atoms with Crippen LogP contribution in [-0.4, -0.2) is 31.3 Å². The second-order valence-corrected chi connectivity index (χ2v) is 5.93. The van der Waals surface area contributed by atoms with Crippen molar-refractivity contribution >= 4 is 16.6 Å². The molecule has 0 saturated carbocycles. The topological polar surface area (TPSA) is 20.3 Å². The third-order valence-electron chi connectivity index (χ3n) is 3.52. The van der Waals surface area contributed by atoms with E-state index >= 15 is 0 Å². The number of benzene rings is 2. The van der Waals surface area contributed by atoms with E-state index in [-0.39, 0.29) is 0 Å². The van der Waals surface area contributed by atoms with Crippen LogP contribution < -0.4 is 0 Å². The molecule has 0 heterocycles. The van der Waals surface area contributed by atoms with E-state index in [4.69, 9.17) is 0 Å². The molecule has 2 aromatic rings. The summed E-state index contributed by atoms with van der Waals surface area (Å²) in [6.07, 6.45) is 1.61. The monoisotopic (exact) mass is 269 g/mol. The molecule has 1 atom stereocenters. The summed E-state index contributed by atoms with van der Waals surface area (Å²) in [6.45, 7) is 2.70. The van der Waals surface area contributed by atoms with Gasteiger partial charge in [-0.15, -0.1) is 0 Å². The molecule has 0 bridgehead atoms. The number of hydrogen-bond acceptors (Lipinski definition) is 2. The summed E-state index contributed by atoms with van der Waals surface area (Å²) in [6, 6.07) is 14.9. The van der Waals surface area contributed by atoms with Crippen molar-refractivity contribution < 1.29 is 4.79 Å². The lowest BCUT2D eigenvalue weighted by atomic mass is 9.93. The normalized spacial score (nSPS) is 12.8. The Morgan fingerprint density at radius 3 is 2.55 bits per heavy atom. The van der Waals surface area contributed by atoms with E-state index in [9.17, 15) is 4.79 Å². The summed E-state index contributed by atoms with van der Waals surface area (Å²) in [4.78, 5) is 13.8. The van der Waals surface area contributed by atoms with Crippen LogP contribution in [0.5, 0.6) is 0 Å². The van der Waals surface area contributed by atoms with E-state index in [0.29, 0.717) is 24.7 Å². The number of ketones is 1. The van der Waals surface area contributed by atoms with Crippen molar-refractivity contribution in [3.63, 3.8) is 0 Å². The molecule has 0 amide bonds. The zero-order valence-electron chi connectivity index (χ0n) is 12.6. The maximum absolute atomic E-state index is 11.9. The molecule has 0 aliphatic carbocycles. The molecular formula is C18H23NO. The Morgan fingerprint density at radius 2 is 1.80 bits per heavy atom. The number of hydrogen-bond donors (Lipinski definition) is 0. The van der Waals surface area contributed by atoms with Crippen molar-refractivity contribution in [1.82, 2.24) is 4.90 Å². The average molecular weight is 269 g/mol. The number of rotatable bonds is 6. The van der Waals surface area contributed by atoms with Gasteiger partial charge in [-0.3, -0.25) is 4.79 Å². The van der Waals surface area contributed by atoms with E-state index in [1.54, 1.807) is 0 Å². The number of fused-ring (bicyclic) bond motifs is 1. The van der Waals surface area contributed by atoms with Crippen LogP contribution >= 0.6 is 0 Å². The predicted octanol–water partition coefficient (Wildman–Crippen LogP) is 3.54. The Balaban J connectivity index is 2.06. The molecule has 0 aliphatic rings. The summed E-state index contributed by atoms with van der Waals surface area (Å²) >= 11 is 0. The van der Waals surface area contributed by atoms with Gasteiger partial charge in [-0.2, -0.15) is 0 Å². The molecule has 0 fully saturated rings. The largest absolute Gasteiger partial charge is 0.302 e. The Morgan fingerprint density at radius 1 is 1.10 bits per heavy atom. The van der Waals surface area contributed by atoms with Gasteiger partial charge in [0.2, 0.25) is 0 Å². The van der Waals surface area contributed by atoms with Gasteiger partial charge in [-0.25, -0.2) is 0 Å². The zero-order chi connectivity index (χ0) is 14.5. The second kappa shape index (κ2) is 6.67. The van der Waals surface area contributed by atoms with Crippen molar-refractivity contribution in [2.75, 3.05) is 20.6 Å². The molecule has 0 N–H and O–H groups in total. The van der Waals surface area contributed by atoms with Crippen molar-refractivity contribution in [2.24, 2.45) is 5.92 Å².